The highest BCUT2D eigenvalue weighted by atomic mass is 32.1. The van der Waals surface area contributed by atoms with Crippen molar-refractivity contribution in [3.63, 3.8) is 0 Å². The van der Waals surface area contributed by atoms with Crippen molar-refractivity contribution in [3.05, 3.63) is 29.3 Å². The zero-order chi connectivity index (χ0) is 14.5. The summed E-state index contributed by atoms with van der Waals surface area (Å²) in [6.07, 6.45) is 6.16. The summed E-state index contributed by atoms with van der Waals surface area (Å²) >= 11 is 5.32. The van der Waals surface area contributed by atoms with Gasteiger partial charge < -0.3 is 15.7 Å². The Morgan fingerprint density at radius 1 is 1.30 bits per heavy atom. The van der Waals surface area contributed by atoms with E-state index in [1.807, 2.05) is 6.92 Å². The Morgan fingerprint density at radius 3 is 2.60 bits per heavy atom. The highest BCUT2D eigenvalue weighted by Gasteiger charge is 2.14. The first-order valence-corrected chi connectivity index (χ1v) is 7.38. The minimum absolute atomic E-state index is 0.291. The Hall–Kier alpha value is -1.62. The number of thiocarbonyl (C=S) groups is 1. The Balaban J connectivity index is 1.95. The van der Waals surface area contributed by atoms with Crippen molar-refractivity contribution in [1.29, 1.82) is 0 Å². The van der Waals surface area contributed by atoms with Crippen LogP contribution in [-0.4, -0.2) is 22.2 Å². The van der Waals surface area contributed by atoms with Crippen molar-refractivity contribution < 1.29 is 9.90 Å². The van der Waals surface area contributed by atoms with Crippen LogP contribution >= 0.6 is 12.2 Å². The molecule has 0 bridgehead atoms. The number of carboxylic acid groups (broad SMARTS) is 1. The van der Waals surface area contributed by atoms with E-state index in [1.54, 1.807) is 18.2 Å². The summed E-state index contributed by atoms with van der Waals surface area (Å²) in [5.41, 5.74) is 2.01. The number of nitrogens with one attached hydrogen (secondary N) is 2. The minimum atomic E-state index is -0.914. The van der Waals surface area contributed by atoms with Crippen LogP contribution in [0.5, 0.6) is 0 Å². The molecule has 20 heavy (non-hydrogen) atoms. The van der Waals surface area contributed by atoms with E-state index in [1.165, 1.54) is 32.1 Å². The van der Waals surface area contributed by atoms with Gasteiger partial charge >= 0.3 is 5.97 Å². The van der Waals surface area contributed by atoms with E-state index in [4.69, 9.17) is 17.3 Å². The van der Waals surface area contributed by atoms with Crippen molar-refractivity contribution in [2.24, 2.45) is 0 Å². The predicted octanol–water partition coefficient (Wildman–Crippen LogP) is 3.31. The molecule has 0 spiro atoms. The summed E-state index contributed by atoms with van der Waals surface area (Å²) < 4.78 is 0. The minimum Gasteiger partial charge on any atom is -0.478 e. The van der Waals surface area contributed by atoms with E-state index >= 15 is 0 Å². The van der Waals surface area contributed by atoms with Crippen molar-refractivity contribution in [1.82, 2.24) is 5.32 Å². The van der Waals surface area contributed by atoms with Crippen LogP contribution in [0.1, 0.15) is 48.0 Å². The summed E-state index contributed by atoms with van der Waals surface area (Å²) in [5, 5.41) is 16.0. The van der Waals surface area contributed by atoms with Gasteiger partial charge in [0, 0.05) is 11.7 Å². The van der Waals surface area contributed by atoms with Gasteiger partial charge in [0.2, 0.25) is 0 Å². The fourth-order valence-corrected chi connectivity index (χ4v) is 2.80. The standard InChI is InChI=1S/C15H20N2O2S/c1-10-9-11(14(18)19)7-8-13(10)17-15(20)16-12-5-3-2-4-6-12/h7-9,12H,2-6H2,1H3,(H,18,19)(H2,16,17,20). The average molecular weight is 292 g/mol. The molecule has 2 rings (SSSR count). The topological polar surface area (TPSA) is 61.4 Å². The van der Waals surface area contributed by atoms with Crippen LogP contribution in [-0.2, 0) is 0 Å². The van der Waals surface area contributed by atoms with Gasteiger partial charge in [-0.05, 0) is 55.7 Å². The van der Waals surface area contributed by atoms with Crippen LogP contribution in [0.4, 0.5) is 5.69 Å². The SMILES string of the molecule is Cc1cc(C(=O)O)ccc1NC(=S)NC1CCCCC1. The molecule has 0 radical (unpaired) electrons. The second kappa shape index (κ2) is 6.70. The molecule has 1 saturated carbocycles. The summed E-state index contributed by atoms with van der Waals surface area (Å²) in [4.78, 5) is 10.9. The molecular weight excluding hydrogens is 272 g/mol. The molecule has 1 aliphatic rings. The number of carboxylic acids is 1. The zero-order valence-corrected chi connectivity index (χ0v) is 12.4. The molecule has 3 N–H and O–H groups in total. The number of hydrogen-bond acceptors (Lipinski definition) is 2. The highest BCUT2D eigenvalue weighted by molar-refractivity contribution is 7.80. The van der Waals surface area contributed by atoms with Gasteiger partial charge in [0.05, 0.1) is 5.56 Å². The fourth-order valence-electron chi connectivity index (χ4n) is 2.53. The number of anilines is 1. The highest BCUT2D eigenvalue weighted by Crippen LogP contribution is 2.19. The maximum Gasteiger partial charge on any atom is 0.335 e. The van der Waals surface area contributed by atoms with Crippen molar-refractivity contribution in [2.75, 3.05) is 5.32 Å². The lowest BCUT2D eigenvalue weighted by atomic mass is 9.96. The Kier molecular flexibility index (Phi) is 4.95. The molecule has 5 heteroatoms. The molecule has 108 valence electrons. The quantitative estimate of drug-likeness (QED) is 0.746. The molecule has 0 saturated heterocycles. The number of benzene rings is 1. The van der Waals surface area contributed by atoms with Gasteiger partial charge in [0.25, 0.3) is 0 Å². The lowest BCUT2D eigenvalue weighted by molar-refractivity contribution is 0.0697. The largest absolute Gasteiger partial charge is 0.478 e. The Labute approximate surface area is 124 Å². The summed E-state index contributed by atoms with van der Waals surface area (Å²) in [7, 11) is 0. The first kappa shape index (κ1) is 14.8. The molecule has 0 atom stereocenters. The van der Waals surface area contributed by atoms with Crippen LogP contribution < -0.4 is 10.6 Å². The molecule has 1 aromatic carbocycles. The van der Waals surface area contributed by atoms with Crippen molar-refractivity contribution in [3.8, 4) is 0 Å². The average Bonchev–Trinajstić information content (AvgIpc) is 2.42. The normalized spacial score (nSPS) is 15.7. The zero-order valence-electron chi connectivity index (χ0n) is 11.6. The Morgan fingerprint density at radius 2 is 2.00 bits per heavy atom. The van der Waals surface area contributed by atoms with Gasteiger partial charge in [-0.25, -0.2) is 4.79 Å². The molecule has 1 fully saturated rings. The molecule has 1 aromatic rings. The molecule has 0 unspecified atom stereocenters. The summed E-state index contributed by atoms with van der Waals surface area (Å²) in [6.45, 7) is 1.87. The third-order valence-corrected chi connectivity index (χ3v) is 3.88. The molecule has 0 amide bonds. The molecule has 0 heterocycles. The van der Waals surface area contributed by atoms with Crippen LogP contribution in [0.2, 0.25) is 0 Å². The first-order chi connectivity index (χ1) is 9.56. The van der Waals surface area contributed by atoms with E-state index < -0.39 is 5.97 Å². The first-order valence-electron chi connectivity index (χ1n) is 6.98. The summed E-state index contributed by atoms with van der Waals surface area (Å²) in [6, 6.07) is 5.45. The number of aromatic carboxylic acids is 1. The van der Waals surface area contributed by atoms with Gasteiger partial charge in [-0.1, -0.05) is 19.3 Å². The maximum absolute atomic E-state index is 10.9. The van der Waals surface area contributed by atoms with Crippen LogP contribution in [0.15, 0.2) is 18.2 Å². The fraction of sp³-hybridized carbons (Fsp3) is 0.467. The molecule has 0 aromatic heterocycles. The lowest BCUT2D eigenvalue weighted by Gasteiger charge is -2.24. The lowest BCUT2D eigenvalue weighted by Crippen LogP contribution is -2.38. The van der Waals surface area contributed by atoms with Crippen LogP contribution in [0.3, 0.4) is 0 Å². The van der Waals surface area contributed by atoms with E-state index in [9.17, 15) is 4.79 Å². The molecule has 1 aliphatic carbocycles. The third kappa shape index (κ3) is 3.93. The third-order valence-electron chi connectivity index (χ3n) is 3.66. The number of rotatable bonds is 3. The second-order valence-electron chi connectivity index (χ2n) is 5.27. The van der Waals surface area contributed by atoms with E-state index in [0.29, 0.717) is 16.7 Å². The van der Waals surface area contributed by atoms with Crippen molar-refractivity contribution in [2.45, 2.75) is 45.1 Å². The second-order valence-corrected chi connectivity index (χ2v) is 5.68. The number of aryl methyl sites for hydroxylation is 1. The Bertz CT molecular complexity index is 511. The smallest absolute Gasteiger partial charge is 0.335 e. The molecular formula is C15H20N2O2S. The van der Waals surface area contributed by atoms with Gasteiger partial charge in [-0.15, -0.1) is 0 Å². The monoisotopic (exact) mass is 292 g/mol. The molecule has 0 aliphatic heterocycles. The maximum atomic E-state index is 10.9. The van der Waals surface area contributed by atoms with Gasteiger partial charge in [0.15, 0.2) is 5.11 Å². The number of carbonyl (C=O) groups is 1. The van der Waals surface area contributed by atoms with E-state index in [2.05, 4.69) is 10.6 Å². The van der Waals surface area contributed by atoms with Crippen molar-refractivity contribution >= 4 is 29.0 Å². The van der Waals surface area contributed by atoms with Gasteiger partial charge in [0.1, 0.15) is 0 Å². The van der Waals surface area contributed by atoms with E-state index in [0.717, 1.165) is 11.3 Å². The summed E-state index contributed by atoms with van der Waals surface area (Å²) in [5.74, 6) is -0.914. The molecule has 4 nitrogen and oxygen atoms in total. The van der Waals surface area contributed by atoms with Gasteiger partial charge in [-0.2, -0.15) is 0 Å². The van der Waals surface area contributed by atoms with Crippen LogP contribution in [0.25, 0.3) is 0 Å². The number of hydrogen-bond donors (Lipinski definition) is 3. The van der Waals surface area contributed by atoms with E-state index in [-0.39, 0.29) is 0 Å². The predicted molar refractivity (Wildman–Crippen MR) is 84.4 cm³/mol. The van der Waals surface area contributed by atoms with Crippen LogP contribution in [0, 0.1) is 6.92 Å². The van der Waals surface area contributed by atoms with Gasteiger partial charge in [-0.3, -0.25) is 0 Å².